The molecule has 20 heavy (non-hydrogen) atoms. The van der Waals surface area contributed by atoms with E-state index < -0.39 is 0 Å². The molecule has 5 nitrogen and oxygen atoms in total. The summed E-state index contributed by atoms with van der Waals surface area (Å²) in [6.45, 7) is 0.912. The number of carbonyl (C=O) groups excluding carboxylic acids is 2. The van der Waals surface area contributed by atoms with Crippen LogP contribution in [0.5, 0.6) is 0 Å². The predicted molar refractivity (Wildman–Crippen MR) is 76.5 cm³/mol. The van der Waals surface area contributed by atoms with E-state index in [0.29, 0.717) is 24.7 Å². The first kappa shape index (κ1) is 13.4. The highest BCUT2D eigenvalue weighted by Crippen LogP contribution is 2.30. The average molecular weight is 339 g/mol. The van der Waals surface area contributed by atoms with Crippen LogP contribution in [0.4, 0.5) is 4.79 Å². The van der Waals surface area contributed by atoms with E-state index in [1.54, 1.807) is 11.0 Å². The molecule has 1 N–H and O–H groups in total. The number of hydrogen-bond acceptors (Lipinski definition) is 3. The molecule has 1 aliphatic carbocycles. The average Bonchev–Trinajstić information content (AvgIpc) is 3.20. The summed E-state index contributed by atoms with van der Waals surface area (Å²) in [7, 11) is 0. The molecule has 0 bridgehead atoms. The summed E-state index contributed by atoms with van der Waals surface area (Å²) < 4.78 is 6.00. The smallest absolute Gasteiger partial charge is 0.410 e. The Morgan fingerprint density at radius 2 is 2.15 bits per heavy atom. The number of hydrogen-bond donors (Lipinski definition) is 1. The number of halogens is 1. The van der Waals surface area contributed by atoms with E-state index in [9.17, 15) is 9.59 Å². The molecule has 0 spiro atoms. The van der Waals surface area contributed by atoms with Gasteiger partial charge in [0, 0.05) is 10.5 Å². The fourth-order valence-electron chi connectivity index (χ4n) is 2.28. The minimum absolute atomic E-state index is 0.168. The highest BCUT2D eigenvalue weighted by Gasteiger charge is 2.40. The van der Waals surface area contributed by atoms with E-state index in [1.165, 1.54) is 0 Å². The van der Waals surface area contributed by atoms with Crippen molar-refractivity contribution in [1.29, 1.82) is 0 Å². The quantitative estimate of drug-likeness (QED) is 0.915. The first-order chi connectivity index (χ1) is 9.65. The summed E-state index contributed by atoms with van der Waals surface area (Å²) in [5.74, 6) is -0.168. The van der Waals surface area contributed by atoms with Gasteiger partial charge in [0.2, 0.25) is 0 Å². The van der Waals surface area contributed by atoms with E-state index >= 15 is 0 Å². The van der Waals surface area contributed by atoms with E-state index in [4.69, 9.17) is 4.74 Å². The molecule has 1 saturated heterocycles. The molecule has 1 aromatic rings. The highest BCUT2D eigenvalue weighted by molar-refractivity contribution is 9.10. The maximum Gasteiger partial charge on any atom is 0.410 e. The standard InChI is InChI=1S/C14H15BrN2O3/c15-12-4-2-1-3-11(12)13(18)16-7-10-8-17(9-5-6-9)14(19)20-10/h1-4,9-10H,5-8H2,(H,16,18). The van der Waals surface area contributed by atoms with Crippen LogP contribution < -0.4 is 5.32 Å². The zero-order valence-corrected chi connectivity index (χ0v) is 12.4. The minimum atomic E-state index is -0.257. The molecule has 1 heterocycles. The molecular weight excluding hydrogens is 324 g/mol. The Hall–Kier alpha value is -1.56. The van der Waals surface area contributed by atoms with E-state index in [1.807, 2.05) is 18.2 Å². The monoisotopic (exact) mass is 338 g/mol. The first-order valence-corrected chi connectivity index (χ1v) is 7.44. The van der Waals surface area contributed by atoms with Crippen LogP contribution in [0.15, 0.2) is 28.7 Å². The summed E-state index contributed by atoms with van der Waals surface area (Å²) >= 11 is 3.34. The van der Waals surface area contributed by atoms with Crippen LogP contribution in [0.25, 0.3) is 0 Å². The van der Waals surface area contributed by atoms with Gasteiger partial charge in [-0.15, -0.1) is 0 Å². The van der Waals surface area contributed by atoms with Gasteiger partial charge in [-0.05, 0) is 40.9 Å². The molecule has 2 aliphatic rings. The second-order valence-electron chi connectivity index (χ2n) is 5.08. The fourth-order valence-corrected chi connectivity index (χ4v) is 2.74. The number of cyclic esters (lactones) is 1. The Labute approximate surface area is 125 Å². The molecule has 1 aliphatic heterocycles. The van der Waals surface area contributed by atoms with Gasteiger partial charge in [0.1, 0.15) is 6.10 Å². The highest BCUT2D eigenvalue weighted by atomic mass is 79.9. The number of nitrogens with one attached hydrogen (secondary N) is 1. The zero-order valence-electron chi connectivity index (χ0n) is 10.8. The number of benzene rings is 1. The van der Waals surface area contributed by atoms with Crippen LogP contribution in [-0.2, 0) is 4.74 Å². The number of carbonyl (C=O) groups is 2. The van der Waals surface area contributed by atoms with Crippen molar-refractivity contribution in [2.75, 3.05) is 13.1 Å². The minimum Gasteiger partial charge on any atom is -0.442 e. The number of nitrogens with zero attached hydrogens (tertiary/aromatic N) is 1. The van der Waals surface area contributed by atoms with Crippen LogP contribution >= 0.6 is 15.9 Å². The van der Waals surface area contributed by atoms with Crippen LogP contribution in [0.1, 0.15) is 23.2 Å². The number of amides is 2. The molecule has 6 heteroatoms. The van der Waals surface area contributed by atoms with Crippen molar-refractivity contribution in [1.82, 2.24) is 10.2 Å². The first-order valence-electron chi connectivity index (χ1n) is 6.65. The van der Waals surface area contributed by atoms with Crippen LogP contribution in [0.2, 0.25) is 0 Å². The Balaban J connectivity index is 1.54. The Morgan fingerprint density at radius 3 is 2.85 bits per heavy atom. The van der Waals surface area contributed by atoms with E-state index in [-0.39, 0.29) is 18.1 Å². The van der Waals surface area contributed by atoms with Crippen molar-refractivity contribution >= 4 is 27.9 Å². The summed E-state index contributed by atoms with van der Waals surface area (Å²) in [6.07, 6.45) is 1.61. The summed E-state index contributed by atoms with van der Waals surface area (Å²) in [5, 5.41) is 2.81. The molecule has 1 aromatic carbocycles. The molecule has 1 saturated carbocycles. The van der Waals surface area contributed by atoms with Gasteiger partial charge in [-0.1, -0.05) is 12.1 Å². The van der Waals surface area contributed by atoms with Crippen LogP contribution in [0, 0.1) is 0 Å². The molecular formula is C14H15BrN2O3. The van der Waals surface area contributed by atoms with Crippen molar-refractivity contribution in [3.63, 3.8) is 0 Å². The predicted octanol–water partition coefficient (Wildman–Crippen LogP) is 2.16. The van der Waals surface area contributed by atoms with Gasteiger partial charge in [-0.3, -0.25) is 4.79 Å². The van der Waals surface area contributed by atoms with Crippen molar-refractivity contribution < 1.29 is 14.3 Å². The van der Waals surface area contributed by atoms with Crippen LogP contribution in [-0.4, -0.2) is 42.1 Å². The lowest BCUT2D eigenvalue weighted by Crippen LogP contribution is -2.35. The van der Waals surface area contributed by atoms with E-state index in [2.05, 4.69) is 21.2 Å². The third kappa shape index (κ3) is 2.80. The molecule has 0 radical (unpaired) electrons. The number of rotatable bonds is 4. The topological polar surface area (TPSA) is 58.6 Å². The van der Waals surface area contributed by atoms with Gasteiger partial charge < -0.3 is 15.0 Å². The second-order valence-corrected chi connectivity index (χ2v) is 5.93. The second kappa shape index (κ2) is 5.44. The van der Waals surface area contributed by atoms with Gasteiger partial charge in [0.05, 0.1) is 18.7 Å². The molecule has 1 unspecified atom stereocenters. The Kier molecular flexibility index (Phi) is 3.65. The van der Waals surface area contributed by atoms with Gasteiger partial charge in [-0.2, -0.15) is 0 Å². The van der Waals surface area contributed by atoms with Gasteiger partial charge in [0.15, 0.2) is 0 Å². The van der Waals surface area contributed by atoms with Crippen molar-refractivity contribution in [2.45, 2.75) is 25.0 Å². The van der Waals surface area contributed by atoms with Crippen molar-refractivity contribution in [2.24, 2.45) is 0 Å². The molecule has 3 rings (SSSR count). The lowest BCUT2D eigenvalue weighted by molar-refractivity contribution is 0.0914. The maximum atomic E-state index is 12.0. The van der Waals surface area contributed by atoms with Crippen molar-refractivity contribution in [3.05, 3.63) is 34.3 Å². The SMILES string of the molecule is O=C(NCC1CN(C2CC2)C(=O)O1)c1ccccc1Br. The van der Waals surface area contributed by atoms with Gasteiger partial charge in [-0.25, -0.2) is 4.79 Å². The molecule has 0 aromatic heterocycles. The molecule has 2 amide bonds. The van der Waals surface area contributed by atoms with Crippen LogP contribution in [0.3, 0.4) is 0 Å². The lowest BCUT2D eigenvalue weighted by atomic mass is 10.2. The third-order valence-corrected chi connectivity index (χ3v) is 4.19. The zero-order chi connectivity index (χ0) is 14.1. The lowest BCUT2D eigenvalue weighted by Gasteiger charge is -2.11. The molecule has 1 atom stereocenters. The van der Waals surface area contributed by atoms with Gasteiger partial charge in [0.25, 0.3) is 5.91 Å². The van der Waals surface area contributed by atoms with Crippen molar-refractivity contribution in [3.8, 4) is 0 Å². The Morgan fingerprint density at radius 1 is 1.40 bits per heavy atom. The summed E-state index contributed by atoms with van der Waals surface area (Å²) in [4.78, 5) is 25.4. The molecule has 2 fully saturated rings. The van der Waals surface area contributed by atoms with Gasteiger partial charge >= 0.3 is 6.09 Å². The summed E-state index contributed by atoms with van der Waals surface area (Å²) in [6, 6.07) is 7.58. The summed E-state index contributed by atoms with van der Waals surface area (Å²) in [5.41, 5.74) is 0.580. The normalized spacial score (nSPS) is 21.8. The molecule has 106 valence electrons. The largest absolute Gasteiger partial charge is 0.442 e. The maximum absolute atomic E-state index is 12.0. The Bertz CT molecular complexity index is 545. The third-order valence-electron chi connectivity index (χ3n) is 3.50. The van der Waals surface area contributed by atoms with E-state index in [0.717, 1.165) is 17.3 Å². The fraction of sp³-hybridized carbons (Fsp3) is 0.429. The number of ether oxygens (including phenoxy) is 1.